The first-order valence-electron chi connectivity index (χ1n) is 8.24. The van der Waals surface area contributed by atoms with Crippen molar-refractivity contribution in [1.82, 2.24) is 15.6 Å². The molecule has 4 N–H and O–H groups in total. The van der Waals surface area contributed by atoms with Crippen molar-refractivity contribution in [2.24, 2.45) is 5.41 Å². The topological polar surface area (TPSA) is 94.2 Å². The molecule has 1 heterocycles. The Labute approximate surface area is 140 Å². The fraction of sp³-hybridized carbons (Fsp3) is 0.444. The molecule has 1 fully saturated rings. The van der Waals surface area contributed by atoms with E-state index in [1.54, 1.807) is 0 Å². The number of para-hydroxylation sites is 1. The second kappa shape index (κ2) is 6.65. The smallest absolute Gasteiger partial charge is 0.242 e. The third-order valence-corrected chi connectivity index (χ3v) is 4.72. The highest BCUT2D eigenvalue weighted by molar-refractivity contribution is 5.89. The number of hydrogen-bond donors (Lipinski definition) is 4. The van der Waals surface area contributed by atoms with Crippen LogP contribution < -0.4 is 10.6 Å². The molecule has 0 spiro atoms. The number of aromatic nitrogens is 1. The molecular formula is C18H23N3O3. The van der Waals surface area contributed by atoms with E-state index < -0.39 is 6.04 Å². The van der Waals surface area contributed by atoms with Crippen molar-refractivity contribution in [2.45, 2.75) is 32.2 Å². The lowest BCUT2D eigenvalue weighted by atomic mass is 10.0. The summed E-state index contributed by atoms with van der Waals surface area (Å²) in [5.74, 6) is -0.450. The van der Waals surface area contributed by atoms with E-state index in [1.807, 2.05) is 30.5 Å². The summed E-state index contributed by atoms with van der Waals surface area (Å²) in [6, 6.07) is 7.24. The third kappa shape index (κ3) is 3.59. The van der Waals surface area contributed by atoms with E-state index >= 15 is 0 Å². The number of rotatable bonds is 7. The summed E-state index contributed by atoms with van der Waals surface area (Å²) in [6.07, 6.45) is 4.15. The average molecular weight is 329 g/mol. The van der Waals surface area contributed by atoms with Gasteiger partial charge in [-0.1, -0.05) is 18.2 Å². The van der Waals surface area contributed by atoms with Gasteiger partial charge in [-0.25, -0.2) is 0 Å². The molecule has 0 aliphatic heterocycles. The van der Waals surface area contributed by atoms with Gasteiger partial charge in [-0.05, 0) is 24.5 Å². The second-order valence-corrected chi connectivity index (χ2v) is 6.69. The lowest BCUT2D eigenvalue weighted by Gasteiger charge is -2.19. The minimum atomic E-state index is -0.629. The average Bonchev–Trinajstić information content (AvgIpc) is 3.26. The monoisotopic (exact) mass is 329 g/mol. The molecule has 0 radical (unpaired) electrons. The molecule has 1 aliphatic carbocycles. The summed E-state index contributed by atoms with van der Waals surface area (Å²) in [4.78, 5) is 27.2. The van der Waals surface area contributed by atoms with Gasteiger partial charge in [0.15, 0.2) is 0 Å². The number of H-pyrrole nitrogens is 1. The van der Waals surface area contributed by atoms with Crippen molar-refractivity contribution in [3.05, 3.63) is 36.0 Å². The fourth-order valence-electron chi connectivity index (χ4n) is 2.94. The van der Waals surface area contributed by atoms with E-state index in [4.69, 9.17) is 0 Å². The maximum absolute atomic E-state index is 12.5. The van der Waals surface area contributed by atoms with Gasteiger partial charge in [0.2, 0.25) is 11.8 Å². The first-order chi connectivity index (χ1) is 11.5. The van der Waals surface area contributed by atoms with Crippen molar-refractivity contribution >= 4 is 22.7 Å². The molecular weight excluding hydrogens is 306 g/mol. The van der Waals surface area contributed by atoms with Crippen molar-refractivity contribution in [3.8, 4) is 0 Å². The van der Waals surface area contributed by atoms with Crippen LogP contribution in [-0.4, -0.2) is 41.1 Å². The van der Waals surface area contributed by atoms with Crippen molar-refractivity contribution in [3.63, 3.8) is 0 Å². The molecule has 1 atom stereocenters. The summed E-state index contributed by atoms with van der Waals surface area (Å²) >= 11 is 0. The lowest BCUT2D eigenvalue weighted by molar-refractivity contribution is -0.128. The summed E-state index contributed by atoms with van der Waals surface area (Å²) in [6.45, 7) is 1.94. The quantitative estimate of drug-likeness (QED) is 0.613. The molecule has 1 unspecified atom stereocenters. The van der Waals surface area contributed by atoms with Crippen LogP contribution in [0.15, 0.2) is 30.5 Å². The minimum absolute atomic E-state index is 0.0839. The van der Waals surface area contributed by atoms with Crippen molar-refractivity contribution in [1.29, 1.82) is 0 Å². The van der Waals surface area contributed by atoms with Crippen molar-refractivity contribution in [2.75, 3.05) is 13.2 Å². The number of aliphatic hydroxyl groups is 1. The van der Waals surface area contributed by atoms with Crippen LogP contribution in [0.4, 0.5) is 0 Å². The van der Waals surface area contributed by atoms with Gasteiger partial charge in [-0.15, -0.1) is 0 Å². The Morgan fingerprint density at radius 1 is 1.33 bits per heavy atom. The number of carbonyl (C=O) groups excluding carboxylic acids is 2. The Morgan fingerprint density at radius 3 is 2.75 bits per heavy atom. The predicted molar refractivity (Wildman–Crippen MR) is 91.4 cm³/mol. The molecule has 1 aromatic carbocycles. The number of aromatic amines is 1. The highest BCUT2D eigenvalue weighted by atomic mass is 16.3. The van der Waals surface area contributed by atoms with Gasteiger partial charge in [-0.3, -0.25) is 9.59 Å². The van der Waals surface area contributed by atoms with E-state index in [1.165, 1.54) is 6.92 Å². The lowest BCUT2D eigenvalue weighted by Crippen LogP contribution is -2.48. The fourth-order valence-corrected chi connectivity index (χ4v) is 2.94. The Bertz CT molecular complexity index is 749. The molecule has 6 nitrogen and oxygen atoms in total. The van der Waals surface area contributed by atoms with Crippen LogP contribution in [0.1, 0.15) is 25.3 Å². The minimum Gasteiger partial charge on any atom is -0.396 e. The van der Waals surface area contributed by atoms with Gasteiger partial charge in [0, 0.05) is 42.4 Å². The normalized spacial score (nSPS) is 16.6. The Balaban J connectivity index is 1.71. The SMILES string of the molecule is CC(=O)NC(Cc1c[nH]c2ccccc12)C(=O)NCC1(CO)CC1. The molecule has 2 amide bonds. The third-order valence-electron chi connectivity index (χ3n) is 4.72. The molecule has 2 aromatic rings. The number of amides is 2. The van der Waals surface area contributed by atoms with Gasteiger partial charge >= 0.3 is 0 Å². The summed E-state index contributed by atoms with van der Waals surface area (Å²) in [5, 5.41) is 16.0. The number of carbonyl (C=O) groups is 2. The van der Waals surface area contributed by atoms with Crippen LogP contribution in [0.3, 0.4) is 0 Å². The van der Waals surface area contributed by atoms with Gasteiger partial charge in [0.05, 0.1) is 6.61 Å². The molecule has 0 saturated heterocycles. The van der Waals surface area contributed by atoms with Gasteiger partial charge in [0.1, 0.15) is 6.04 Å². The summed E-state index contributed by atoms with van der Waals surface area (Å²) in [7, 11) is 0. The number of aliphatic hydroxyl groups excluding tert-OH is 1. The highest BCUT2D eigenvalue weighted by Gasteiger charge is 2.42. The van der Waals surface area contributed by atoms with E-state index in [0.29, 0.717) is 13.0 Å². The van der Waals surface area contributed by atoms with Gasteiger partial charge in [0.25, 0.3) is 0 Å². The maximum Gasteiger partial charge on any atom is 0.242 e. The standard InChI is InChI=1S/C18H23N3O3/c1-12(23)21-16(17(24)20-10-18(11-22)6-7-18)8-13-9-19-15-5-3-2-4-14(13)15/h2-5,9,16,19,22H,6-8,10-11H2,1H3,(H,20,24)(H,21,23). The van der Waals surface area contributed by atoms with Crippen molar-refractivity contribution < 1.29 is 14.7 Å². The summed E-state index contributed by atoms with van der Waals surface area (Å²) in [5.41, 5.74) is 1.84. The van der Waals surface area contributed by atoms with E-state index in [-0.39, 0.29) is 23.8 Å². The highest BCUT2D eigenvalue weighted by Crippen LogP contribution is 2.44. The van der Waals surface area contributed by atoms with Crippen LogP contribution in [0, 0.1) is 5.41 Å². The van der Waals surface area contributed by atoms with Gasteiger partial charge < -0.3 is 20.7 Å². The summed E-state index contributed by atoms with van der Waals surface area (Å²) < 4.78 is 0. The predicted octanol–water partition coefficient (Wildman–Crippen LogP) is 1.10. The largest absolute Gasteiger partial charge is 0.396 e. The first-order valence-corrected chi connectivity index (χ1v) is 8.24. The maximum atomic E-state index is 12.5. The van der Waals surface area contributed by atoms with Crippen LogP contribution in [0.2, 0.25) is 0 Å². The second-order valence-electron chi connectivity index (χ2n) is 6.69. The van der Waals surface area contributed by atoms with E-state index in [2.05, 4.69) is 15.6 Å². The van der Waals surface area contributed by atoms with Crippen LogP contribution in [0.5, 0.6) is 0 Å². The van der Waals surface area contributed by atoms with E-state index in [0.717, 1.165) is 29.3 Å². The molecule has 24 heavy (non-hydrogen) atoms. The van der Waals surface area contributed by atoms with Crippen LogP contribution in [-0.2, 0) is 16.0 Å². The Morgan fingerprint density at radius 2 is 2.08 bits per heavy atom. The number of nitrogens with one attached hydrogen (secondary N) is 3. The molecule has 6 heteroatoms. The first kappa shape index (κ1) is 16.5. The number of fused-ring (bicyclic) bond motifs is 1. The number of hydrogen-bond acceptors (Lipinski definition) is 3. The Hall–Kier alpha value is -2.34. The molecule has 0 bridgehead atoms. The van der Waals surface area contributed by atoms with Crippen LogP contribution in [0.25, 0.3) is 10.9 Å². The molecule has 1 aromatic heterocycles. The zero-order valence-corrected chi connectivity index (χ0v) is 13.8. The zero-order valence-electron chi connectivity index (χ0n) is 13.8. The number of benzene rings is 1. The van der Waals surface area contributed by atoms with Crippen LogP contribution >= 0.6 is 0 Å². The molecule has 1 saturated carbocycles. The van der Waals surface area contributed by atoms with Gasteiger partial charge in [-0.2, -0.15) is 0 Å². The molecule has 3 rings (SSSR count). The molecule has 128 valence electrons. The Kier molecular flexibility index (Phi) is 4.57. The zero-order chi connectivity index (χ0) is 17.2. The van der Waals surface area contributed by atoms with E-state index in [9.17, 15) is 14.7 Å². The molecule has 1 aliphatic rings.